The Morgan fingerprint density at radius 2 is 2.29 bits per heavy atom. The van der Waals surface area contributed by atoms with E-state index in [9.17, 15) is 13.6 Å². The first-order valence-corrected chi connectivity index (χ1v) is 4.70. The number of ether oxygens (including phenoxy) is 1. The number of aliphatic hydroxyl groups excluding tert-OH is 1. The van der Waals surface area contributed by atoms with Gasteiger partial charge in [0, 0.05) is 0 Å². The fourth-order valence-electron chi connectivity index (χ4n) is 1.45. The van der Waals surface area contributed by atoms with Gasteiger partial charge in [0.2, 0.25) is 0 Å². The van der Waals surface area contributed by atoms with Crippen molar-refractivity contribution in [2.45, 2.75) is 12.3 Å². The van der Waals surface area contributed by atoms with E-state index < -0.39 is 42.1 Å². The lowest BCUT2D eigenvalue weighted by molar-refractivity contribution is -0.0218. The second-order valence-electron chi connectivity index (χ2n) is 3.42. The van der Waals surface area contributed by atoms with Crippen molar-refractivity contribution in [1.29, 1.82) is 0 Å². The van der Waals surface area contributed by atoms with Crippen LogP contribution in [0, 0.1) is 5.82 Å². The molecule has 0 amide bonds. The largest absolute Gasteiger partial charge is 0.393 e. The average molecular weight is 245 g/mol. The van der Waals surface area contributed by atoms with Crippen LogP contribution in [0.1, 0.15) is 6.23 Å². The second kappa shape index (κ2) is 4.22. The van der Waals surface area contributed by atoms with Crippen molar-refractivity contribution in [2.24, 2.45) is 0 Å². The van der Waals surface area contributed by atoms with Gasteiger partial charge in [-0.2, -0.15) is 4.98 Å². The number of halogens is 2. The minimum atomic E-state index is -1.41. The number of nitrogen functional groups attached to an aromatic ring is 1. The standard InChI is InChI=1S/C9H9F2N3O3/c10-5-1-4(3-15)17-8(5)14-2-6(11)7(12)13-9(14)16/h1-2,4,8,15H,3H2,(H2,12,13,16)/t4-,8+/m1/s1. The van der Waals surface area contributed by atoms with E-state index in [1.54, 1.807) is 0 Å². The van der Waals surface area contributed by atoms with E-state index in [2.05, 4.69) is 4.98 Å². The van der Waals surface area contributed by atoms with E-state index in [-0.39, 0.29) is 0 Å². The molecule has 0 bridgehead atoms. The predicted molar refractivity (Wildman–Crippen MR) is 53.1 cm³/mol. The average Bonchev–Trinajstić information content (AvgIpc) is 2.65. The molecule has 2 heterocycles. The van der Waals surface area contributed by atoms with Gasteiger partial charge in [-0.25, -0.2) is 13.6 Å². The molecule has 0 aliphatic carbocycles. The minimum absolute atomic E-state index is 0.441. The Hall–Kier alpha value is -1.80. The molecule has 17 heavy (non-hydrogen) atoms. The number of anilines is 1. The number of hydrogen-bond acceptors (Lipinski definition) is 5. The number of aliphatic hydroxyl groups is 1. The van der Waals surface area contributed by atoms with Crippen LogP contribution >= 0.6 is 0 Å². The first-order valence-electron chi connectivity index (χ1n) is 4.70. The van der Waals surface area contributed by atoms with Crippen LogP contribution in [-0.4, -0.2) is 27.4 Å². The lowest BCUT2D eigenvalue weighted by atomic mass is 10.3. The molecular formula is C9H9F2N3O3. The third-order valence-electron chi connectivity index (χ3n) is 2.25. The Morgan fingerprint density at radius 1 is 1.59 bits per heavy atom. The van der Waals surface area contributed by atoms with E-state index >= 15 is 0 Å². The molecule has 8 heteroatoms. The predicted octanol–water partition coefficient (Wildman–Crippen LogP) is -0.292. The van der Waals surface area contributed by atoms with Crippen LogP contribution in [0.15, 0.2) is 22.9 Å². The van der Waals surface area contributed by atoms with Gasteiger partial charge in [-0.05, 0) is 6.08 Å². The number of nitrogens with two attached hydrogens (primary N) is 1. The highest BCUT2D eigenvalue weighted by atomic mass is 19.1. The van der Waals surface area contributed by atoms with E-state index in [1.807, 2.05) is 0 Å². The van der Waals surface area contributed by atoms with Gasteiger partial charge in [-0.3, -0.25) is 4.57 Å². The highest BCUT2D eigenvalue weighted by molar-refractivity contribution is 5.27. The smallest absolute Gasteiger partial charge is 0.352 e. The van der Waals surface area contributed by atoms with Crippen LogP contribution in [0.5, 0.6) is 0 Å². The van der Waals surface area contributed by atoms with Gasteiger partial charge >= 0.3 is 5.69 Å². The number of nitrogens with zero attached hydrogens (tertiary/aromatic N) is 2. The zero-order chi connectivity index (χ0) is 12.6. The molecule has 0 fully saturated rings. The lowest BCUT2D eigenvalue weighted by Gasteiger charge is -2.15. The summed E-state index contributed by atoms with van der Waals surface area (Å²) in [7, 11) is 0. The van der Waals surface area contributed by atoms with Crippen molar-refractivity contribution in [3.63, 3.8) is 0 Å². The first-order chi connectivity index (χ1) is 8.02. The molecule has 6 nitrogen and oxygen atoms in total. The third kappa shape index (κ3) is 2.04. The maximum absolute atomic E-state index is 13.4. The summed E-state index contributed by atoms with van der Waals surface area (Å²) in [6.07, 6.45) is -0.566. The summed E-state index contributed by atoms with van der Waals surface area (Å²) in [6.45, 7) is -0.441. The summed E-state index contributed by atoms with van der Waals surface area (Å²) in [5.41, 5.74) is 4.15. The van der Waals surface area contributed by atoms with Gasteiger partial charge in [0.05, 0.1) is 12.8 Å². The van der Waals surface area contributed by atoms with Gasteiger partial charge < -0.3 is 15.6 Å². The quantitative estimate of drug-likeness (QED) is 0.747. The van der Waals surface area contributed by atoms with Crippen LogP contribution in [0.2, 0.25) is 0 Å². The van der Waals surface area contributed by atoms with Crippen molar-refractivity contribution in [3.05, 3.63) is 34.4 Å². The summed E-state index contributed by atoms with van der Waals surface area (Å²) >= 11 is 0. The Balaban J connectivity index is 2.40. The minimum Gasteiger partial charge on any atom is -0.393 e. The third-order valence-corrected chi connectivity index (χ3v) is 2.25. The SMILES string of the molecule is Nc1nc(=O)n([C@H]2O[C@@H](CO)C=C2F)cc1F. The van der Waals surface area contributed by atoms with Gasteiger partial charge in [0.15, 0.2) is 17.9 Å². The Bertz CT molecular complexity index is 529. The maximum atomic E-state index is 13.4. The molecule has 1 aliphatic rings. The molecule has 0 saturated heterocycles. The Kier molecular flexibility index (Phi) is 2.90. The monoisotopic (exact) mass is 245 g/mol. The van der Waals surface area contributed by atoms with Crippen molar-refractivity contribution >= 4 is 5.82 Å². The van der Waals surface area contributed by atoms with E-state index in [4.69, 9.17) is 15.6 Å². The molecule has 2 atom stereocenters. The normalized spacial score (nSPS) is 23.8. The molecule has 0 radical (unpaired) electrons. The molecule has 0 aromatic carbocycles. The molecule has 0 saturated carbocycles. The highest BCUT2D eigenvalue weighted by Crippen LogP contribution is 2.28. The van der Waals surface area contributed by atoms with E-state index in [1.165, 1.54) is 0 Å². The maximum Gasteiger partial charge on any atom is 0.352 e. The Morgan fingerprint density at radius 3 is 2.88 bits per heavy atom. The van der Waals surface area contributed by atoms with Crippen LogP contribution < -0.4 is 11.4 Å². The fraction of sp³-hybridized carbons (Fsp3) is 0.333. The topological polar surface area (TPSA) is 90.4 Å². The van der Waals surface area contributed by atoms with Crippen LogP contribution in [0.3, 0.4) is 0 Å². The first kappa shape index (κ1) is 11.7. The van der Waals surface area contributed by atoms with Crippen molar-refractivity contribution < 1.29 is 18.6 Å². The van der Waals surface area contributed by atoms with Gasteiger partial charge in [-0.1, -0.05) is 0 Å². The highest BCUT2D eigenvalue weighted by Gasteiger charge is 2.30. The second-order valence-corrected chi connectivity index (χ2v) is 3.42. The molecule has 3 N–H and O–H groups in total. The van der Waals surface area contributed by atoms with Crippen LogP contribution in [0.4, 0.5) is 14.6 Å². The summed E-state index contributed by atoms with van der Waals surface area (Å²) in [5, 5.41) is 8.78. The van der Waals surface area contributed by atoms with Gasteiger partial charge in [-0.15, -0.1) is 0 Å². The van der Waals surface area contributed by atoms with Crippen molar-refractivity contribution in [2.75, 3.05) is 12.3 Å². The molecule has 1 aromatic rings. The van der Waals surface area contributed by atoms with E-state index in [0.29, 0.717) is 10.8 Å². The summed E-state index contributed by atoms with van der Waals surface area (Å²) in [4.78, 5) is 14.6. The fourth-order valence-corrected chi connectivity index (χ4v) is 1.45. The zero-order valence-electron chi connectivity index (χ0n) is 8.51. The lowest BCUT2D eigenvalue weighted by Crippen LogP contribution is -2.30. The molecule has 1 aliphatic heterocycles. The zero-order valence-corrected chi connectivity index (χ0v) is 8.51. The van der Waals surface area contributed by atoms with Crippen molar-refractivity contribution in [3.8, 4) is 0 Å². The van der Waals surface area contributed by atoms with Crippen LogP contribution in [0.25, 0.3) is 0 Å². The van der Waals surface area contributed by atoms with Gasteiger partial charge in [0.1, 0.15) is 11.9 Å². The molecular weight excluding hydrogens is 236 g/mol. The Labute approximate surface area is 94.0 Å². The summed E-state index contributed by atoms with van der Waals surface area (Å²) in [6, 6.07) is 0. The summed E-state index contributed by atoms with van der Waals surface area (Å²) < 4.78 is 32.1. The number of hydrogen-bond donors (Lipinski definition) is 2. The molecule has 2 rings (SSSR count). The summed E-state index contributed by atoms with van der Waals surface area (Å²) in [5.74, 6) is -2.31. The number of aromatic nitrogens is 2. The number of rotatable bonds is 2. The van der Waals surface area contributed by atoms with Crippen LogP contribution in [-0.2, 0) is 4.74 Å². The molecule has 0 spiro atoms. The van der Waals surface area contributed by atoms with Crippen molar-refractivity contribution in [1.82, 2.24) is 9.55 Å². The van der Waals surface area contributed by atoms with E-state index in [0.717, 1.165) is 6.08 Å². The molecule has 1 aromatic heterocycles. The van der Waals surface area contributed by atoms with Gasteiger partial charge in [0.25, 0.3) is 0 Å². The molecule has 92 valence electrons. The molecule has 0 unspecified atom stereocenters.